The van der Waals surface area contributed by atoms with Crippen molar-refractivity contribution in [2.24, 2.45) is 5.92 Å². The molecule has 1 atom stereocenters. The molecule has 1 saturated heterocycles. The van der Waals surface area contributed by atoms with Crippen LogP contribution in [0.25, 0.3) is 0 Å². The highest BCUT2D eigenvalue weighted by Gasteiger charge is 2.25. The number of morpholine rings is 1. The lowest BCUT2D eigenvalue weighted by atomic mass is 9.85. The highest BCUT2D eigenvalue weighted by Crippen LogP contribution is 2.29. The predicted molar refractivity (Wildman–Crippen MR) is 87.7 cm³/mol. The van der Waals surface area contributed by atoms with Gasteiger partial charge in [0.15, 0.2) is 0 Å². The standard InChI is InChI=1S/C18H27NO4/c1-21-18-13-23-16(10-17(18)20)12-19-7-8-22-15(11-19)9-14-5-3-2-4-6-14/h10,13-15H,2-9,11-12H2,1H3. The molecule has 5 heteroatoms. The zero-order valence-corrected chi connectivity index (χ0v) is 14.0. The zero-order chi connectivity index (χ0) is 16.1. The van der Waals surface area contributed by atoms with Gasteiger partial charge in [-0.25, -0.2) is 0 Å². The minimum Gasteiger partial charge on any atom is -0.490 e. The van der Waals surface area contributed by atoms with E-state index < -0.39 is 0 Å². The minimum absolute atomic E-state index is 0.124. The van der Waals surface area contributed by atoms with E-state index in [9.17, 15) is 4.79 Å². The molecule has 1 aromatic heterocycles. The van der Waals surface area contributed by atoms with Crippen LogP contribution in [0.4, 0.5) is 0 Å². The van der Waals surface area contributed by atoms with Gasteiger partial charge in [-0.1, -0.05) is 32.1 Å². The first-order chi connectivity index (χ1) is 11.2. The first-order valence-corrected chi connectivity index (χ1v) is 8.74. The molecule has 3 rings (SSSR count). The van der Waals surface area contributed by atoms with Gasteiger partial charge in [0.2, 0.25) is 11.2 Å². The molecule has 0 spiro atoms. The molecule has 0 bridgehead atoms. The fraction of sp³-hybridized carbons (Fsp3) is 0.722. The largest absolute Gasteiger partial charge is 0.490 e. The quantitative estimate of drug-likeness (QED) is 0.835. The SMILES string of the molecule is COc1coc(CN2CCOC(CC3CCCCC3)C2)cc1=O. The summed E-state index contributed by atoms with van der Waals surface area (Å²) in [5, 5.41) is 0. The Labute approximate surface area is 137 Å². The normalized spacial score (nSPS) is 23.8. The Hall–Kier alpha value is -1.33. The predicted octanol–water partition coefficient (Wildman–Crippen LogP) is 2.82. The van der Waals surface area contributed by atoms with Crippen LogP contribution >= 0.6 is 0 Å². The summed E-state index contributed by atoms with van der Waals surface area (Å²) in [5.41, 5.74) is -0.124. The van der Waals surface area contributed by atoms with Gasteiger partial charge in [-0.2, -0.15) is 0 Å². The van der Waals surface area contributed by atoms with E-state index in [0.29, 0.717) is 18.4 Å². The monoisotopic (exact) mass is 321 g/mol. The molecule has 1 saturated carbocycles. The van der Waals surface area contributed by atoms with Gasteiger partial charge in [-0.15, -0.1) is 0 Å². The van der Waals surface area contributed by atoms with Crippen LogP contribution in [-0.4, -0.2) is 37.8 Å². The van der Waals surface area contributed by atoms with E-state index in [2.05, 4.69) is 4.90 Å². The summed E-state index contributed by atoms with van der Waals surface area (Å²) in [4.78, 5) is 14.1. The molecule has 0 aromatic carbocycles. The number of hydrogen-bond acceptors (Lipinski definition) is 5. The van der Waals surface area contributed by atoms with Gasteiger partial charge in [-0.3, -0.25) is 9.69 Å². The number of ether oxygens (including phenoxy) is 2. The van der Waals surface area contributed by atoms with E-state index in [0.717, 1.165) is 25.6 Å². The molecule has 128 valence electrons. The van der Waals surface area contributed by atoms with E-state index in [1.165, 1.54) is 58.0 Å². The molecule has 2 heterocycles. The zero-order valence-electron chi connectivity index (χ0n) is 14.0. The fourth-order valence-corrected chi connectivity index (χ4v) is 3.75. The van der Waals surface area contributed by atoms with Crippen LogP contribution in [0.15, 0.2) is 21.5 Å². The molecule has 0 N–H and O–H groups in total. The second-order valence-corrected chi connectivity index (χ2v) is 6.75. The summed E-state index contributed by atoms with van der Waals surface area (Å²) >= 11 is 0. The summed E-state index contributed by atoms with van der Waals surface area (Å²) in [5.74, 6) is 1.77. The highest BCUT2D eigenvalue weighted by atomic mass is 16.5. The van der Waals surface area contributed by atoms with Crippen molar-refractivity contribution in [2.75, 3.05) is 26.8 Å². The van der Waals surface area contributed by atoms with Gasteiger partial charge in [0.1, 0.15) is 12.0 Å². The van der Waals surface area contributed by atoms with Crippen LogP contribution in [0.1, 0.15) is 44.3 Å². The van der Waals surface area contributed by atoms with Gasteiger partial charge in [0.25, 0.3) is 0 Å². The first-order valence-electron chi connectivity index (χ1n) is 8.74. The Morgan fingerprint density at radius 2 is 2.13 bits per heavy atom. The average molecular weight is 321 g/mol. The summed E-state index contributed by atoms with van der Waals surface area (Å²) in [6.07, 6.45) is 9.74. The molecule has 2 aliphatic rings. The van der Waals surface area contributed by atoms with Crippen molar-refractivity contribution in [1.29, 1.82) is 0 Å². The topological polar surface area (TPSA) is 51.9 Å². The second kappa shape index (κ2) is 7.97. The van der Waals surface area contributed by atoms with E-state index in [-0.39, 0.29) is 11.2 Å². The van der Waals surface area contributed by atoms with Crippen LogP contribution in [0, 0.1) is 5.92 Å². The molecule has 2 fully saturated rings. The summed E-state index contributed by atoms with van der Waals surface area (Å²) in [6, 6.07) is 1.53. The third-order valence-corrected chi connectivity index (χ3v) is 5.00. The molecule has 1 unspecified atom stereocenters. The van der Waals surface area contributed by atoms with Crippen LogP contribution < -0.4 is 10.2 Å². The van der Waals surface area contributed by atoms with Crippen molar-refractivity contribution in [3.8, 4) is 5.75 Å². The molecule has 0 radical (unpaired) electrons. The van der Waals surface area contributed by atoms with Crippen LogP contribution in [0.2, 0.25) is 0 Å². The van der Waals surface area contributed by atoms with Crippen molar-refractivity contribution in [2.45, 2.75) is 51.2 Å². The number of methoxy groups -OCH3 is 1. The summed E-state index contributed by atoms with van der Waals surface area (Å²) in [6.45, 7) is 3.23. The van der Waals surface area contributed by atoms with Crippen LogP contribution in [-0.2, 0) is 11.3 Å². The Morgan fingerprint density at radius 3 is 2.87 bits per heavy atom. The lowest BCUT2D eigenvalue weighted by Crippen LogP contribution is -2.42. The lowest BCUT2D eigenvalue weighted by Gasteiger charge is -2.35. The first kappa shape index (κ1) is 16.5. The Balaban J connectivity index is 1.53. The van der Waals surface area contributed by atoms with Gasteiger partial charge in [-0.05, 0) is 12.3 Å². The van der Waals surface area contributed by atoms with Crippen molar-refractivity contribution in [3.63, 3.8) is 0 Å². The fourth-order valence-electron chi connectivity index (χ4n) is 3.75. The van der Waals surface area contributed by atoms with Crippen molar-refractivity contribution < 1.29 is 13.9 Å². The van der Waals surface area contributed by atoms with E-state index in [4.69, 9.17) is 13.9 Å². The highest BCUT2D eigenvalue weighted by molar-refractivity contribution is 5.17. The number of nitrogens with zero attached hydrogens (tertiary/aromatic N) is 1. The van der Waals surface area contributed by atoms with Crippen molar-refractivity contribution in [3.05, 3.63) is 28.3 Å². The number of hydrogen-bond donors (Lipinski definition) is 0. The summed E-state index contributed by atoms with van der Waals surface area (Å²) in [7, 11) is 1.48. The summed E-state index contributed by atoms with van der Waals surface area (Å²) < 4.78 is 16.4. The van der Waals surface area contributed by atoms with Gasteiger partial charge in [0, 0.05) is 19.2 Å². The van der Waals surface area contributed by atoms with Crippen LogP contribution in [0.5, 0.6) is 5.75 Å². The average Bonchev–Trinajstić information content (AvgIpc) is 2.56. The van der Waals surface area contributed by atoms with Crippen LogP contribution in [0.3, 0.4) is 0 Å². The van der Waals surface area contributed by atoms with Gasteiger partial charge >= 0.3 is 0 Å². The molecule has 1 aliphatic heterocycles. The maximum atomic E-state index is 11.8. The molecule has 1 aliphatic carbocycles. The van der Waals surface area contributed by atoms with Crippen molar-refractivity contribution in [1.82, 2.24) is 4.90 Å². The Bertz CT molecular complexity index is 550. The van der Waals surface area contributed by atoms with Crippen molar-refractivity contribution >= 4 is 0 Å². The minimum atomic E-state index is -0.124. The molecule has 23 heavy (non-hydrogen) atoms. The third kappa shape index (κ3) is 4.58. The number of rotatable bonds is 5. The molecular weight excluding hydrogens is 294 g/mol. The molecular formula is C18H27NO4. The maximum Gasteiger partial charge on any atom is 0.227 e. The third-order valence-electron chi connectivity index (χ3n) is 5.00. The second-order valence-electron chi connectivity index (χ2n) is 6.75. The lowest BCUT2D eigenvalue weighted by molar-refractivity contribution is -0.0456. The van der Waals surface area contributed by atoms with Gasteiger partial charge < -0.3 is 13.9 Å². The smallest absolute Gasteiger partial charge is 0.227 e. The Morgan fingerprint density at radius 1 is 1.30 bits per heavy atom. The van der Waals surface area contributed by atoms with E-state index >= 15 is 0 Å². The molecule has 1 aromatic rings. The Kier molecular flexibility index (Phi) is 5.73. The molecule has 5 nitrogen and oxygen atoms in total. The van der Waals surface area contributed by atoms with E-state index in [1.807, 2.05) is 0 Å². The molecule has 0 amide bonds. The maximum absolute atomic E-state index is 11.8. The van der Waals surface area contributed by atoms with E-state index in [1.54, 1.807) is 0 Å². The van der Waals surface area contributed by atoms with Gasteiger partial charge in [0.05, 0.1) is 26.4 Å².